The molecule has 184 valence electrons. The monoisotopic (exact) mass is 484 g/mol. The molecule has 2 fully saturated rings. The first-order valence-electron chi connectivity index (χ1n) is 12.8. The number of piperidine rings is 1. The van der Waals surface area contributed by atoms with Crippen molar-refractivity contribution < 1.29 is 9.53 Å². The second-order valence-electron chi connectivity index (χ2n) is 9.67. The largest absolute Gasteiger partial charge is 0.494 e. The number of ether oxygens (including phenoxy) is 1. The van der Waals surface area contributed by atoms with Crippen LogP contribution in [-0.2, 0) is 0 Å². The molecule has 0 atom stereocenters. The summed E-state index contributed by atoms with van der Waals surface area (Å²) >= 11 is 5.89. The summed E-state index contributed by atoms with van der Waals surface area (Å²) in [5.74, 6) is 2.60. The number of nitrogens with zero attached hydrogens (tertiary/aromatic N) is 4. The van der Waals surface area contributed by atoms with Crippen molar-refractivity contribution in [3.05, 3.63) is 46.7 Å². The minimum Gasteiger partial charge on any atom is -0.494 e. The zero-order valence-corrected chi connectivity index (χ0v) is 21.1. The molecule has 1 aromatic carbocycles. The van der Waals surface area contributed by atoms with E-state index in [4.69, 9.17) is 16.3 Å². The van der Waals surface area contributed by atoms with Gasteiger partial charge < -0.3 is 14.5 Å². The van der Waals surface area contributed by atoms with E-state index in [2.05, 4.69) is 19.8 Å². The van der Waals surface area contributed by atoms with Crippen molar-refractivity contribution in [3.63, 3.8) is 0 Å². The number of likely N-dealkylation sites (tertiary alicyclic amines) is 1. The zero-order valence-electron chi connectivity index (χ0n) is 20.3. The van der Waals surface area contributed by atoms with Crippen LogP contribution in [0.3, 0.4) is 0 Å². The van der Waals surface area contributed by atoms with E-state index in [1.54, 1.807) is 12.4 Å². The predicted octanol–water partition coefficient (Wildman–Crippen LogP) is 5.57. The highest BCUT2D eigenvalue weighted by Crippen LogP contribution is 2.25. The molecule has 2 aromatic rings. The van der Waals surface area contributed by atoms with Crippen molar-refractivity contribution in [3.8, 4) is 5.75 Å². The maximum absolute atomic E-state index is 12.6. The van der Waals surface area contributed by atoms with Gasteiger partial charge in [0.05, 0.1) is 24.0 Å². The molecular weight excluding hydrogens is 448 g/mol. The van der Waals surface area contributed by atoms with Crippen molar-refractivity contribution in [1.82, 2.24) is 14.9 Å². The minimum absolute atomic E-state index is 0.249. The molecule has 6 nitrogen and oxygen atoms in total. The molecule has 0 bridgehead atoms. The molecule has 34 heavy (non-hydrogen) atoms. The fourth-order valence-corrected chi connectivity index (χ4v) is 5.19. The lowest BCUT2D eigenvalue weighted by molar-refractivity contribution is 0.0975. The molecular formula is C27H37ClN4O2. The number of hydrogen-bond acceptors (Lipinski definition) is 6. The van der Waals surface area contributed by atoms with Gasteiger partial charge in [-0.05, 0) is 101 Å². The number of benzene rings is 1. The smallest absolute Gasteiger partial charge is 0.225 e. The Morgan fingerprint density at radius 1 is 1.09 bits per heavy atom. The second-order valence-corrected chi connectivity index (χ2v) is 10.1. The summed E-state index contributed by atoms with van der Waals surface area (Å²) in [7, 11) is 0. The molecule has 2 aliphatic heterocycles. The maximum Gasteiger partial charge on any atom is 0.225 e. The number of ketones is 1. The molecule has 2 saturated heterocycles. The number of Topliss-reactive ketones (excluding diaryl/α,β-unsaturated/α-hetero) is 1. The average Bonchev–Trinajstić information content (AvgIpc) is 3.36. The van der Waals surface area contributed by atoms with Crippen molar-refractivity contribution in [1.29, 1.82) is 0 Å². The first kappa shape index (κ1) is 24.9. The van der Waals surface area contributed by atoms with Crippen LogP contribution in [0, 0.1) is 12.8 Å². The number of halogens is 1. The van der Waals surface area contributed by atoms with Crippen molar-refractivity contribution in [2.75, 3.05) is 44.2 Å². The second kappa shape index (κ2) is 12.5. The van der Waals surface area contributed by atoms with E-state index >= 15 is 0 Å². The van der Waals surface area contributed by atoms with Gasteiger partial charge in [-0.25, -0.2) is 9.97 Å². The Morgan fingerprint density at radius 3 is 2.53 bits per heavy atom. The number of hydrogen-bond donors (Lipinski definition) is 0. The van der Waals surface area contributed by atoms with Gasteiger partial charge >= 0.3 is 0 Å². The van der Waals surface area contributed by atoms with Crippen LogP contribution in [0.5, 0.6) is 5.75 Å². The van der Waals surface area contributed by atoms with Crippen molar-refractivity contribution >= 4 is 23.3 Å². The van der Waals surface area contributed by atoms with Crippen LogP contribution in [0.1, 0.15) is 67.3 Å². The molecule has 0 amide bonds. The number of carbonyl (C=O) groups is 1. The molecule has 4 rings (SSSR count). The Balaban J connectivity index is 1.13. The average molecular weight is 485 g/mol. The van der Waals surface area contributed by atoms with E-state index in [-0.39, 0.29) is 5.78 Å². The van der Waals surface area contributed by atoms with E-state index in [9.17, 15) is 4.79 Å². The Morgan fingerprint density at radius 2 is 1.82 bits per heavy atom. The zero-order chi connectivity index (χ0) is 23.8. The highest BCUT2D eigenvalue weighted by Gasteiger charge is 2.21. The van der Waals surface area contributed by atoms with E-state index in [1.807, 2.05) is 25.1 Å². The van der Waals surface area contributed by atoms with Crippen LogP contribution in [0.15, 0.2) is 30.6 Å². The number of carbonyl (C=O) groups excluding carboxylic acids is 1. The van der Waals surface area contributed by atoms with Crippen LogP contribution in [0.2, 0.25) is 5.02 Å². The minimum atomic E-state index is 0.249. The van der Waals surface area contributed by atoms with Crippen LogP contribution in [0.4, 0.5) is 5.95 Å². The number of aryl methyl sites for hydroxylation is 1. The van der Waals surface area contributed by atoms with Crippen LogP contribution < -0.4 is 9.64 Å². The van der Waals surface area contributed by atoms with Crippen molar-refractivity contribution in [2.24, 2.45) is 5.92 Å². The van der Waals surface area contributed by atoms with Crippen LogP contribution in [0.25, 0.3) is 0 Å². The molecule has 0 radical (unpaired) electrons. The molecule has 0 aliphatic carbocycles. The molecule has 0 saturated carbocycles. The first-order valence-corrected chi connectivity index (χ1v) is 13.2. The van der Waals surface area contributed by atoms with Crippen molar-refractivity contribution in [2.45, 2.75) is 58.3 Å². The summed E-state index contributed by atoms with van der Waals surface area (Å²) in [5, 5.41) is 0.572. The quantitative estimate of drug-likeness (QED) is 0.307. The van der Waals surface area contributed by atoms with Gasteiger partial charge in [0, 0.05) is 25.1 Å². The van der Waals surface area contributed by atoms with Gasteiger partial charge in [0.2, 0.25) is 5.95 Å². The summed E-state index contributed by atoms with van der Waals surface area (Å²) < 4.78 is 6.00. The van der Waals surface area contributed by atoms with Gasteiger partial charge in [0.25, 0.3) is 0 Å². The van der Waals surface area contributed by atoms with Gasteiger partial charge in [0.1, 0.15) is 5.75 Å². The molecule has 3 heterocycles. The number of anilines is 1. The fraction of sp³-hybridized carbons (Fsp3) is 0.593. The third kappa shape index (κ3) is 7.16. The lowest BCUT2D eigenvalue weighted by atomic mass is 9.92. The van der Waals surface area contributed by atoms with E-state index < -0.39 is 0 Å². The molecule has 0 spiro atoms. The lowest BCUT2D eigenvalue weighted by Gasteiger charge is -2.31. The Hall–Kier alpha value is -2.18. The van der Waals surface area contributed by atoms with Gasteiger partial charge in [-0.1, -0.05) is 11.6 Å². The number of aromatic nitrogens is 2. The Labute approximate surface area is 208 Å². The SMILES string of the molecule is Cc1cc(OCCCC2CCN(c3ncc(Cl)cn3)CC2)ccc1C(=O)CCCN1CCCC1. The summed E-state index contributed by atoms with van der Waals surface area (Å²) in [4.78, 5) is 26.0. The summed E-state index contributed by atoms with van der Waals surface area (Å²) in [6.07, 6.45) is 12.0. The third-order valence-electron chi connectivity index (χ3n) is 7.10. The van der Waals surface area contributed by atoms with E-state index in [0.717, 1.165) is 74.1 Å². The predicted molar refractivity (Wildman–Crippen MR) is 137 cm³/mol. The normalized spacial score (nSPS) is 17.3. The van der Waals surface area contributed by atoms with Crippen LogP contribution in [-0.4, -0.2) is 60.0 Å². The molecule has 0 unspecified atom stereocenters. The van der Waals surface area contributed by atoms with E-state index in [0.29, 0.717) is 18.1 Å². The molecule has 0 N–H and O–H groups in total. The van der Waals surface area contributed by atoms with Gasteiger partial charge in [-0.2, -0.15) is 0 Å². The summed E-state index contributed by atoms with van der Waals surface area (Å²) in [5.41, 5.74) is 1.85. The Bertz CT molecular complexity index is 923. The third-order valence-corrected chi connectivity index (χ3v) is 7.30. The van der Waals surface area contributed by atoms with E-state index in [1.165, 1.54) is 32.4 Å². The Kier molecular flexibility index (Phi) is 9.17. The number of rotatable bonds is 11. The first-order chi connectivity index (χ1) is 16.6. The highest BCUT2D eigenvalue weighted by atomic mass is 35.5. The molecule has 2 aliphatic rings. The van der Waals surface area contributed by atoms with Gasteiger partial charge in [-0.3, -0.25) is 4.79 Å². The maximum atomic E-state index is 12.6. The summed E-state index contributed by atoms with van der Waals surface area (Å²) in [6, 6.07) is 5.90. The lowest BCUT2D eigenvalue weighted by Crippen LogP contribution is -2.34. The van der Waals surface area contributed by atoms with Crippen LogP contribution >= 0.6 is 11.6 Å². The topological polar surface area (TPSA) is 58.6 Å². The molecule has 7 heteroatoms. The fourth-order valence-electron chi connectivity index (χ4n) is 5.10. The van der Waals surface area contributed by atoms with Gasteiger partial charge in [0.15, 0.2) is 5.78 Å². The molecule has 1 aromatic heterocycles. The summed E-state index contributed by atoms with van der Waals surface area (Å²) in [6.45, 7) is 8.12. The van der Waals surface area contributed by atoms with Gasteiger partial charge in [-0.15, -0.1) is 0 Å². The standard InChI is InChI=1S/C27H37ClN4O2/c1-21-18-24(8-9-25(21)26(33)7-4-14-31-12-2-3-13-31)34-17-5-6-22-10-15-32(16-11-22)27-29-19-23(28)20-30-27/h8-9,18-20,22H,2-7,10-17H2,1H3. The highest BCUT2D eigenvalue weighted by molar-refractivity contribution is 6.30.